The Hall–Kier alpha value is -2.83. The summed E-state index contributed by atoms with van der Waals surface area (Å²) in [4.78, 5) is 25.2. The molecule has 0 bridgehead atoms. The first kappa shape index (κ1) is 19.9. The largest absolute Gasteiger partial charge is 0.497 e. The monoisotopic (exact) mass is 415 g/mol. The Kier molecular flexibility index (Phi) is 6.34. The minimum atomic E-state index is -0.485. The van der Waals surface area contributed by atoms with Gasteiger partial charge >= 0.3 is 5.97 Å². The van der Waals surface area contributed by atoms with Gasteiger partial charge in [-0.05, 0) is 48.9 Å². The number of carbonyl (C=O) groups is 2. The summed E-state index contributed by atoms with van der Waals surface area (Å²) in [5.74, 6) is -0.0979. The van der Waals surface area contributed by atoms with Gasteiger partial charge in [-0.15, -0.1) is 11.3 Å². The molecule has 0 spiro atoms. The number of esters is 1. The van der Waals surface area contributed by atoms with Crippen LogP contribution in [0.4, 0.5) is 5.00 Å². The van der Waals surface area contributed by atoms with Gasteiger partial charge in [-0.25, -0.2) is 4.79 Å². The number of methoxy groups -OCH3 is 1. The smallest absolute Gasteiger partial charge is 0.341 e. The molecule has 2 aromatic carbocycles. The van der Waals surface area contributed by atoms with Crippen LogP contribution in [0.25, 0.3) is 11.1 Å². The minimum absolute atomic E-state index is 0.237. The van der Waals surface area contributed by atoms with Gasteiger partial charge in [-0.2, -0.15) is 0 Å². The Morgan fingerprint density at radius 3 is 2.36 bits per heavy atom. The number of thiophene rings is 1. The van der Waals surface area contributed by atoms with Crippen LogP contribution in [0.5, 0.6) is 5.75 Å². The maximum Gasteiger partial charge on any atom is 0.341 e. The molecule has 7 heteroatoms. The highest BCUT2D eigenvalue weighted by atomic mass is 35.5. The predicted octanol–water partition coefficient (Wildman–Crippen LogP) is 5.51. The molecule has 0 unspecified atom stereocenters. The van der Waals surface area contributed by atoms with E-state index in [-0.39, 0.29) is 12.5 Å². The topological polar surface area (TPSA) is 64.6 Å². The molecule has 0 aliphatic carbocycles. The molecule has 0 atom stereocenters. The third kappa shape index (κ3) is 4.35. The van der Waals surface area contributed by atoms with E-state index in [4.69, 9.17) is 21.1 Å². The second-order valence-corrected chi connectivity index (χ2v) is 7.08. The van der Waals surface area contributed by atoms with Gasteiger partial charge in [0.15, 0.2) is 0 Å². The van der Waals surface area contributed by atoms with Crippen molar-refractivity contribution < 1.29 is 19.1 Å². The van der Waals surface area contributed by atoms with Crippen LogP contribution in [0, 0.1) is 0 Å². The molecule has 1 N–H and O–H groups in total. The highest BCUT2D eigenvalue weighted by molar-refractivity contribution is 7.15. The molecule has 0 saturated heterocycles. The van der Waals surface area contributed by atoms with Crippen LogP contribution in [0.2, 0.25) is 5.02 Å². The first-order valence-electron chi connectivity index (χ1n) is 8.53. The molecule has 144 valence electrons. The van der Waals surface area contributed by atoms with E-state index < -0.39 is 5.97 Å². The summed E-state index contributed by atoms with van der Waals surface area (Å²) in [6, 6.07) is 13.9. The van der Waals surface area contributed by atoms with Crippen LogP contribution in [0.15, 0.2) is 53.9 Å². The molecule has 3 aromatic rings. The molecule has 0 aliphatic rings. The summed E-state index contributed by atoms with van der Waals surface area (Å²) in [7, 11) is 1.59. The summed E-state index contributed by atoms with van der Waals surface area (Å²) in [6.07, 6.45) is 0. The zero-order chi connectivity index (χ0) is 20.1. The molecular formula is C21H18ClNO4S. The molecule has 5 nitrogen and oxygen atoms in total. The van der Waals surface area contributed by atoms with Crippen molar-refractivity contribution in [1.82, 2.24) is 0 Å². The zero-order valence-electron chi connectivity index (χ0n) is 15.3. The van der Waals surface area contributed by atoms with Crippen LogP contribution in [0.3, 0.4) is 0 Å². The molecule has 0 aliphatic heterocycles. The number of amides is 1. The molecule has 1 aromatic heterocycles. The van der Waals surface area contributed by atoms with E-state index in [1.807, 2.05) is 29.6 Å². The van der Waals surface area contributed by atoms with E-state index in [2.05, 4.69) is 5.32 Å². The Labute approximate surface area is 171 Å². The predicted molar refractivity (Wildman–Crippen MR) is 112 cm³/mol. The number of hydrogen-bond acceptors (Lipinski definition) is 5. The first-order valence-corrected chi connectivity index (χ1v) is 9.79. The lowest BCUT2D eigenvalue weighted by molar-refractivity contribution is 0.0529. The molecule has 28 heavy (non-hydrogen) atoms. The van der Waals surface area contributed by atoms with E-state index in [9.17, 15) is 9.59 Å². The van der Waals surface area contributed by atoms with Crippen molar-refractivity contribution in [2.45, 2.75) is 6.92 Å². The third-order valence-electron chi connectivity index (χ3n) is 4.01. The van der Waals surface area contributed by atoms with Gasteiger partial charge in [-0.1, -0.05) is 23.7 Å². The summed E-state index contributed by atoms with van der Waals surface area (Å²) < 4.78 is 10.4. The van der Waals surface area contributed by atoms with E-state index in [0.717, 1.165) is 5.56 Å². The van der Waals surface area contributed by atoms with Gasteiger partial charge in [0.25, 0.3) is 5.91 Å². The van der Waals surface area contributed by atoms with Crippen LogP contribution in [-0.4, -0.2) is 25.6 Å². The van der Waals surface area contributed by atoms with Crippen molar-refractivity contribution in [3.63, 3.8) is 0 Å². The van der Waals surface area contributed by atoms with Gasteiger partial charge in [0, 0.05) is 21.5 Å². The fraction of sp³-hybridized carbons (Fsp3) is 0.143. The Bertz CT molecular complexity index is 981. The second kappa shape index (κ2) is 8.91. The average Bonchev–Trinajstić information content (AvgIpc) is 3.12. The van der Waals surface area contributed by atoms with Crippen molar-refractivity contribution >= 4 is 39.8 Å². The highest BCUT2D eigenvalue weighted by Gasteiger charge is 2.23. The van der Waals surface area contributed by atoms with Crippen molar-refractivity contribution in [3.05, 3.63) is 70.1 Å². The number of hydrogen-bond donors (Lipinski definition) is 1. The van der Waals surface area contributed by atoms with E-state index in [1.165, 1.54) is 11.3 Å². The highest BCUT2D eigenvalue weighted by Crippen LogP contribution is 2.37. The number of nitrogens with one attached hydrogen (secondary N) is 1. The number of ether oxygens (including phenoxy) is 2. The Morgan fingerprint density at radius 1 is 1.07 bits per heavy atom. The fourth-order valence-corrected chi connectivity index (χ4v) is 3.69. The van der Waals surface area contributed by atoms with Crippen molar-refractivity contribution in [1.29, 1.82) is 0 Å². The maximum absolute atomic E-state index is 12.6. The summed E-state index contributed by atoms with van der Waals surface area (Å²) in [6.45, 7) is 1.98. The normalized spacial score (nSPS) is 10.4. The molecule has 1 heterocycles. The molecule has 0 saturated carbocycles. The molecule has 1 amide bonds. The average molecular weight is 416 g/mol. The molecule has 0 radical (unpaired) electrons. The summed E-state index contributed by atoms with van der Waals surface area (Å²) >= 11 is 7.14. The van der Waals surface area contributed by atoms with Gasteiger partial charge in [0.2, 0.25) is 0 Å². The summed E-state index contributed by atoms with van der Waals surface area (Å²) in [5.41, 5.74) is 2.29. The lowest BCUT2D eigenvalue weighted by Gasteiger charge is -2.09. The van der Waals surface area contributed by atoms with Crippen LogP contribution < -0.4 is 10.1 Å². The lowest BCUT2D eigenvalue weighted by atomic mass is 10.0. The SMILES string of the molecule is CCOC(=O)c1c(-c2ccc(OC)cc2)csc1NC(=O)c1ccc(Cl)cc1. The van der Waals surface area contributed by atoms with Crippen molar-refractivity contribution in [2.24, 2.45) is 0 Å². The van der Waals surface area contributed by atoms with Crippen LogP contribution in [-0.2, 0) is 4.74 Å². The number of carbonyl (C=O) groups excluding carboxylic acids is 2. The standard InChI is InChI=1S/C21H18ClNO4S/c1-3-27-21(25)18-17(13-6-10-16(26-2)11-7-13)12-28-20(18)23-19(24)14-4-8-15(22)9-5-14/h4-12H,3H2,1-2H3,(H,23,24). The zero-order valence-corrected chi connectivity index (χ0v) is 16.9. The van der Waals surface area contributed by atoms with Crippen LogP contribution >= 0.6 is 22.9 Å². The third-order valence-corrected chi connectivity index (χ3v) is 5.15. The Balaban J connectivity index is 1.96. The maximum atomic E-state index is 12.6. The molecule has 3 rings (SSSR count). The lowest BCUT2D eigenvalue weighted by Crippen LogP contribution is -2.14. The van der Waals surface area contributed by atoms with Crippen molar-refractivity contribution in [2.75, 3.05) is 19.0 Å². The van der Waals surface area contributed by atoms with E-state index in [0.29, 0.717) is 32.5 Å². The van der Waals surface area contributed by atoms with Gasteiger partial charge in [0.05, 0.1) is 13.7 Å². The number of benzene rings is 2. The molecule has 0 fully saturated rings. The van der Waals surface area contributed by atoms with Gasteiger partial charge in [-0.3, -0.25) is 4.79 Å². The van der Waals surface area contributed by atoms with Gasteiger partial charge in [0.1, 0.15) is 16.3 Å². The quantitative estimate of drug-likeness (QED) is 0.539. The molecular weight excluding hydrogens is 398 g/mol. The van der Waals surface area contributed by atoms with Crippen LogP contribution in [0.1, 0.15) is 27.6 Å². The van der Waals surface area contributed by atoms with Gasteiger partial charge < -0.3 is 14.8 Å². The Morgan fingerprint density at radius 2 is 1.75 bits per heavy atom. The fourth-order valence-electron chi connectivity index (χ4n) is 2.62. The number of rotatable bonds is 6. The second-order valence-electron chi connectivity index (χ2n) is 5.76. The number of anilines is 1. The number of halogens is 1. The minimum Gasteiger partial charge on any atom is -0.497 e. The van der Waals surface area contributed by atoms with Crippen molar-refractivity contribution in [3.8, 4) is 16.9 Å². The van der Waals surface area contributed by atoms with E-state index in [1.54, 1.807) is 38.3 Å². The first-order chi connectivity index (χ1) is 13.5. The summed E-state index contributed by atoms with van der Waals surface area (Å²) in [5, 5.41) is 5.61. The van der Waals surface area contributed by atoms with E-state index >= 15 is 0 Å².